The summed E-state index contributed by atoms with van der Waals surface area (Å²) in [7, 11) is 0. The van der Waals surface area contributed by atoms with Crippen LogP contribution in [0.4, 0.5) is 0 Å². The molecule has 3 heteroatoms. The van der Waals surface area contributed by atoms with Gasteiger partial charge in [-0.3, -0.25) is 0 Å². The Morgan fingerprint density at radius 2 is 1.86 bits per heavy atom. The third-order valence-electron chi connectivity index (χ3n) is 3.75. The fourth-order valence-corrected chi connectivity index (χ4v) is 3.22. The molecule has 0 saturated carbocycles. The van der Waals surface area contributed by atoms with Gasteiger partial charge in [-0.1, -0.05) is 42.5 Å². The van der Waals surface area contributed by atoms with E-state index in [4.69, 9.17) is 0 Å². The number of thiophene rings is 1. The van der Waals surface area contributed by atoms with Crippen molar-refractivity contribution in [3.05, 3.63) is 70.4 Å². The first-order chi connectivity index (χ1) is 10.2. The van der Waals surface area contributed by atoms with Gasteiger partial charge in [0.1, 0.15) is 0 Å². The molecule has 0 amide bonds. The highest BCUT2D eigenvalue weighted by atomic mass is 32.1. The smallest absolute Gasteiger partial charge is 0.0914 e. The second kappa shape index (κ2) is 6.39. The molecule has 0 radical (unpaired) electrons. The van der Waals surface area contributed by atoms with Gasteiger partial charge in [0.15, 0.2) is 0 Å². The van der Waals surface area contributed by atoms with Gasteiger partial charge in [0.05, 0.1) is 6.10 Å². The molecule has 1 heterocycles. The highest BCUT2D eigenvalue weighted by Gasteiger charge is 2.11. The number of benzene rings is 2. The summed E-state index contributed by atoms with van der Waals surface area (Å²) in [6, 6.07) is 18.8. The summed E-state index contributed by atoms with van der Waals surface area (Å²) in [6.45, 7) is 2.68. The van der Waals surface area contributed by atoms with Crippen molar-refractivity contribution in [1.29, 1.82) is 0 Å². The molecule has 108 valence electrons. The summed E-state index contributed by atoms with van der Waals surface area (Å²) >= 11 is 1.74. The van der Waals surface area contributed by atoms with Crippen molar-refractivity contribution in [3.8, 4) is 0 Å². The molecule has 0 saturated heterocycles. The highest BCUT2D eigenvalue weighted by Crippen LogP contribution is 2.22. The van der Waals surface area contributed by atoms with Gasteiger partial charge in [0, 0.05) is 17.5 Å². The molecule has 21 heavy (non-hydrogen) atoms. The summed E-state index contributed by atoms with van der Waals surface area (Å²) in [5.41, 5.74) is 0.958. The lowest BCUT2D eigenvalue weighted by molar-refractivity contribution is 0.171. The Kier molecular flexibility index (Phi) is 4.34. The Labute approximate surface area is 129 Å². The average Bonchev–Trinajstić information content (AvgIpc) is 3.06. The van der Waals surface area contributed by atoms with Crippen molar-refractivity contribution in [2.75, 3.05) is 6.54 Å². The van der Waals surface area contributed by atoms with Crippen LogP contribution in [0.3, 0.4) is 0 Å². The molecular weight excluding hydrogens is 278 g/mol. The number of aliphatic hydroxyl groups is 1. The van der Waals surface area contributed by atoms with E-state index in [1.165, 1.54) is 15.6 Å². The lowest BCUT2D eigenvalue weighted by atomic mass is 10.0. The quantitative estimate of drug-likeness (QED) is 0.736. The standard InChI is InChI=1S/C18H19NOS/c1-13(18-7-4-10-21-18)19-12-17(20)16-9-8-14-5-2-3-6-15(14)11-16/h2-11,13,17,19-20H,12H2,1H3. The SMILES string of the molecule is CC(NCC(O)c1ccc2ccccc2c1)c1cccs1. The number of aliphatic hydroxyl groups excluding tert-OH is 1. The predicted molar refractivity (Wildman–Crippen MR) is 89.6 cm³/mol. The van der Waals surface area contributed by atoms with E-state index in [2.05, 4.69) is 54.0 Å². The minimum atomic E-state index is -0.489. The lowest BCUT2D eigenvalue weighted by Gasteiger charge is -2.17. The molecule has 3 aromatic rings. The van der Waals surface area contributed by atoms with Gasteiger partial charge in [0.25, 0.3) is 0 Å². The van der Waals surface area contributed by atoms with Crippen LogP contribution < -0.4 is 5.32 Å². The molecule has 2 nitrogen and oxygen atoms in total. The van der Waals surface area contributed by atoms with Crippen LogP contribution in [0.2, 0.25) is 0 Å². The normalized spacial score (nSPS) is 14.2. The maximum Gasteiger partial charge on any atom is 0.0914 e. The van der Waals surface area contributed by atoms with Crippen LogP contribution in [-0.2, 0) is 0 Å². The second-order valence-corrected chi connectivity index (χ2v) is 6.25. The molecule has 1 aromatic heterocycles. The second-order valence-electron chi connectivity index (χ2n) is 5.27. The van der Waals surface area contributed by atoms with E-state index in [1.54, 1.807) is 11.3 Å². The van der Waals surface area contributed by atoms with Gasteiger partial charge in [-0.05, 0) is 40.8 Å². The fourth-order valence-electron chi connectivity index (χ4n) is 2.46. The van der Waals surface area contributed by atoms with Crippen molar-refractivity contribution < 1.29 is 5.11 Å². The molecule has 2 unspecified atom stereocenters. The lowest BCUT2D eigenvalue weighted by Crippen LogP contribution is -2.24. The summed E-state index contributed by atoms with van der Waals surface area (Å²) in [5.74, 6) is 0. The van der Waals surface area contributed by atoms with Crippen molar-refractivity contribution >= 4 is 22.1 Å². The number of nitrogens with one attached hydrogen (secondary N) is 1. The van der Waals surface area contributed by atoms with E-state index in [-0.39, 0.29) is 6.04 Å². The van der Waals surface area contributed by atoms with Crippen LogP contribution >= 0.6 is 11.3 Å². The Hall–Kier alpha value is -1.68. The first-order valence-electron chi connectivity index (χ1n) is 7.17. The monoisotopic (exact) mass is 297 g/mol. The fraction of sp³-hybridized carbons (Fsp3) is 0.222. The highest BCUT2D eigenvalue weighted by molar-refractivity contribution is 7.10. The van der Waals surface area contributed by atoms with E-state index in [9.17, 15) is 5.11 Å². The molecule has 2 aromatic carbocycles. The van der Waals surface area contributed by atoms with Crippen LogP contribution in [0.1, 0.15) is 29.5 Å². The zero-order chi connectivity index (χ0) is 14.7. The molecular formula is C18H19NOS. The molecule has 2 atom stereocenters. The van der Waals surface area contributed by atoms with Crippen molar-refractivity contribution in [1.82, 2.24) is 5.32 Å². The predicted octanol–water partition coefficient (Wildman–Crippen LogP) is 4.29. The van der Waals surface area contributed by atoms with Crippen LogP contribution in [0.5, 0.6) is 0 Å². The molecule has 0 aliphatic rings. The van der Waals surface area contributed by atoms with Gasteiger partial charge < -0.3 is 10.4 Å². The van der Waals surface area contributed by atoms with E-state index < -0.39 is 6.10 Å². The van der Waals surface area contributed by atoms with E-state index in [0.29, 0.717) is 6.54 Å². The third kappa shape index (κ3) is 3.32. The summed E-state index contributed by atoms with van der Waals surface area (Å²) in [4.78, 5) is 1.29. The average molecular weight is 297 g/mol. The summed E-state index contributed by atoms with van der Waals surface area (Å²) in [5, 5.41) is 18.2. The molecule has 0 aliphatic heterocycles. The van der Waals surface area contributed by atoms with E-state index in [1.807, 2.05) is 18.2 Å². The van der Waals surface area contributed by atoms with Crippen LogP contribution in [-0.4, -0.2) is 11.7 Å². The molecule has 0 bridgehead atoms. The first kappa shape index (κ1) is 14.3. The van der Waals surface area contributed by atoms with Crippen molar-refractivity contribution in [3.63, 3.8) is 0 Å². The minimum absolute atomic E-state index is 0.264. The van der Waals surface area contributed by atoms with Crippen LogP contribution in [0, 0.1) is 0 Å². The molecule has 2 N–H and O–H groups in total. The van der Waals surface area contributed by atoms with Gasteiger partial charge in [-0.2, -0.15) is 0 Å². The first-order valence-corrected chi connectivity index (χ1v) is 8.05. The number of rotatable bonds is 5. The Morgan fingerprint density at radius 1 is 1.05 bits per heavy atom. The number of hydrogen-bond acceptors (Lipinski definition) is 3. The van der Waals surface area contributed by atoms with Gasteiger partial charge in [-0.25, -0.2) is 0 Å². The maximum absolute atomic E-state index is 10.4. The van der Waals surface area contributed by atoms with Crippen molar-refractivity contribution in [2.24, 2.45) is 0 Å². The molecule has 0 aliphatic carbocycles. The largest absolute Gasteiger partial charge is 0.387 e. The van der Waals surface area contributed by atoms with Gasteiger partial charge in [-0.15, -0.1) is 11.3 Å². The molecule has 0 fully saturated rings. The number of hydrogen-bond donors (Lipinski definition) is 2. The van der Waals surface area contributed by atoms with Crippen molar-refractivity contribution in [2.45, 2.75) is 19.1 Å². The molecule has 3 rings (SSSR count). The zero-order valence-corrected chi connectivity index (χ0v) is 12.8. The third-order valence-corrected chi connectivity index (χ3v) is 4.80. The van der Waals surface area contributed by atoms with Gasteiger partial charge in [0.2, 0.25) is 0 Å². The van der Waals surface area contributed by atoms with Crippen LogP contribution in [0.25, 0.3) is 10.8 Å². The topological polar surface area (TPSA) is 32.3 Å². The Morgan fingerprint density at radius 3 is 2.62 bits per heavy atom. The number of fused-ring (bicyclic) bond motifs is 1. The zero-order valence-electron chi connectivity index (χ0n) is 12.0. The summed E-state index contributed by atoms with van der Waals surface area (Å²) in [6.07, 6.45) is -0.489. The molecule has 0 spiro atoms. The minimum Gasteiger partial charge on any atom is -0.387 e. The summed E-state index contributed by atoms with van der Waals surface area (Å²) < 4.78 is 0. The Balaban J connectivity index is 1.67. The van der Waals surface area contributed by atoms with E-state index in [0.717, 1.165) is 5.56 Å². The van der Waals surface area contributed by atoms with Gasteiger partial charge >= 0.3 is 0 Å². The van der Waals surface area contributed by atoms with E-state index >= 15 is 0 Å². The Bertz CT molecular complexity index is 708. The maximum atomic E-state index is 10.4. The van der Waals surface area contributed by atoms with Crippen LogP contribution in [0.15, 0.2) is 60.0 Å².